The zero-order chi connectivity index (χ0) is 23.6. The number of benzene rings is 3. The molecule has 4 aromatic rings. The van der Waals surface area contributed by atoms with Gasteiger partial charge >= 0.3 is 0 Å². The number of para-hydroxylation sites is 1. The van der Waals surface area contributed by atoms with Crippen LogP contribution in [0.1, 0.15) is 32.6 Å². The number of amides is 1. The van der Waals surface area contributed by atoms with E-state index >= 15 is 0 Å². The van der Waals surface area contributed by atoms with E-state index in [1.807, 2.05) is 50.2 Å². The lowest BCUT2D eigenvalue weighted by Gasteiger charge is -2.20. The predicted molar refractivity (Wildman–Crippen MR) is 129 cm³/mol. The average Bonchev–Trinajstić information content (AvgIpc) is 2.77. The van der Waals surface area contributed by atoms with Crippen molar-refractivity contribution < 1.29 is 13.6 Å². The van der Waals surface area contributed by atoms with E-state index < -0.39 is 18.4 Å². The van der Waals surface area contributed by atoms with Gasteiger partial charge in [0.2, 0.25) is 0 Å². The summed E-state index contributed by atoms with van der Waals surface area (Å²) in [4.78, 5) is 19.3. The summed E-state index contributed by atoms with van der Waals surface area (Å²) in [5.74, 6) is -3.74. The van der Waals surface area contributed by atoms with Crippen molar-refractivity contribution >= 4 is 28.6 Å². The normalized spacial score (nSPS) is 11.5. The van der Waals surface area contributed by atoms with E-state index in [1.54, 1.807) is 37.4 Å². The van der Waals surface area contributed by atoms with Crippen LogP contribution in [0.2, 0.25) is 0 Å². The van der Waals surface area contributed by atoms with Gasteiger partial charge in [-0.1, -0.05) is 71.4 Å². The zero-order valence-electron chi connectivity index (χ0n) is 18.7. The number of halogens is 2. The molecule has 0 fully saturated rings. The Kier molecular flexibility index (Phi) is 6.47. The first-order valence-electron chi connectivity index (χ1n) is 10.6. The van der Waals surface area contributed by atoms with Crippen LogP contribution < -0.4 is 5.32 Å². The van der Waals surface area contributed by atoms with Gasteiger partial charge in [0.1, 0.15) is 0 Å². The third kappa shape index (κ3) is 5.06. The minimum Gasteiger partial charge on any atom is -0.346 e. The largest absolute Gasteiger partial charge is 0.346 e. The smallest absolute Gasteiger partial charge is 0.290 e. The number of nitrogens with one attached hydrogen (secondary N) is 1. The van der Waals surface area contributed by atoms with Gasteiger partial charge in [-0.25, -0.2) is 0 Å². The van der Waals surface area contributed by atoms with Crippen molar-refractivity contribution in [1.29, 1.82) is 0 Å². The Morgan fingerprint density at radius 1 is 0.970 bits per heavy atom. The standard InChI is InChI=1S/C27H24F2N2OS/c1-17-7-6-8-20(14-17)33-24-15-30-23-10-5-4-9-21(23)25(24)26(32)31-16-27(28,29)22-12-11-18(2)13-19(22)3/h4-15H,16H2,1-3H3,(H,31,32). The third-order valence-corrected chi connectivity index (χ3v) is 6.45. The van der Waals surface area contributed by atoms with Crippen molar-refractivity contribution in [3.63, 3.8) is 0 Å². The Hall–Kier alpha value is -3.25. The number of nitrogens with zero attached hydrogens (tertiary/aromatic N) is 1. The van der Waals surface area contributed by atoms with E-state index in [0.717, 1.165) is 16.0 Å². The van der Waals surface area contributed by atoms with Crippen LogP contribution in [0.15, 0.2) is 82.7 Å². The highest BCUT2D eigenvalue weighted by Gasteiger charge is 2.34. The molecule has 4 rings (SSSR count). The Morgan fingerprint density at radius 2 is 1.73 bits per heavy atom. The van der Waals surface area contributed by atoms with Crippen LogP contribution in [0.3, 0.4) is 0 Å². The highest BCUT2D eigenvalue weighted by molar-refractivity contribution is 7.99. The van der Waals surface area contributed by atoms with Crippen LogP contribution >= 0.6 is 11.8 Å². The molecule has 0 saturated carbocycles. The molecule has 6 heteroatoms. The van der Waals surface area contributed by atoms with E-state index in [2.05, 4.69) is 10.3 Å². The maximum atomic E-state index is 15.0. The van der Waals surface area contributed by atoms with Gasteiger partial charge in [0, 0.05) is 26.9 Å². The lowest BCUT2D eigenvalue weighted by atomic mass is 10.00. The first-order valence-corrected chi connectivity index (χ1v) is 11.4. The first-order chi connectivity index (χ1) is 15.7. The second-order valence-electron chi connectivity index (χ2n) is 8.14. The van der Waals surface area contributed by atoms with Crippen LogP contribution in [0, 0.1) is 20.8 Å². The minimum atomic E-state index is -3.19. The highest BCUT2D eigenvalue weighted by Crippen LogP contribution is 2.35. The number of alkyl halides is 2. The van der Waals surface area contributed by atoms with Gasteiger partial charge in [0.25, 0.3) is 11.8 Å². The zero-order valence-corrected chi connectivity index (χ0v) is 19.5. The molecular weight excluding hydrogens is 438 g/mol. The fraction of sp³-hybridized carbons (Fsp3) is 0.185. The molecule has 0 unspecified atom stereocenters. The third-order valence-electron chi connectivity index (χ3n) is 5.43. The number of hydrogen-bond acceptors (Lipinski definition) is 3. The van der Waals surface area contributed by atoms with Crippen molar-refractivity contribution in [2.45, 2.75) is 36.5 Å². The van der Waals surface area contributed by atoms with Gasteiger partial charge in [-0.3, -0.25) is 9.78 Å². The van der Waals surface area contributed by atoms with Crippen molar-refractivity contribution in [2.75, 3.05) is 6.54 Å². The summed E-state index contributed by atoms with van der Waals surface area (Å²) >= 11 is 1.39. The number of pyridine rings is 1. The molecule has 1 aromatic heterocycles. The molecule has 0 saturated heterocycles. The number of aromatic nitrogens is 1. The molecule has 3 nitrogen and oxygen atoms in total. The molecule has 1 N–H and O–H groups in total. The number of rotatable bonds is 6. The number of carbonyl (C=O) groups excluding carboxylic acids is 1. The maximum absolute atomic E-state index is 15.0. The van der Waals surface area contributed by atoms with Crippen LogP contribution in [0.5, 0.6) is 0 Å². The summed E-state index contributed by atoms with van der Waals surface area (Å²) in [6.07, 6.45) is 1.63. The Labute approximate surface area is 196 Å². The summed E-state index contributed by atoms with van der Waals surface area (Å²) in [5, 5.41) is 3.11. The molecule has 0 radical (unpaired) electrons. The monoisotopic (exact) mass is 462 g/mol. The molecule has 0 atom stereocenters. The summed E-state index contributed by atoms with van der Waals surface area (Å²) in [5.41, 5.74) is 3.41. The highest BCUT2D eigenvalue weighted by atomic mass is 32.2. The average molecular weight is 463 g/mol. The summed E-state index contributed by atoms with van der Waals surface area (Å²) in [6.45, 7) is 4.72. The van der Waals surface area contributed by atoms with E-state index in [1.165, 1.54) is 17.8 Å². The van der Waals surface area contributed by atoms with E-state index in [4.69, 9.17) is 0 Å². The second-order valence-corrected chi connectivity index (χ2v) is 9.25. The molecule has 0 spiro atoms. The summed E-state index contributed by atoms with van der Waals surface area (Å²) in [6, 6.07) is 19.9. The number of fused-ring (bicyclic) bond motifs is 1. The predicted octanol–water partition coefficient (Wildman–Crippen LogP) is 6.83. The Bertz CT molecular complexity index is 1340. The van der Waals surface area contributed by atoms with E-state index in [-0.39, 0.29) is 5.56 Å². The molecule has 0 aliphatic rings. The molecule has 1 heterocycles. The quantitative estimate of drug-likeness (QED) is 0.341. The molecule has 168 valence electrons. The van der Waals surface area contributed by atoms with E-state index in [9.17, 15) is 13.6 Å². The summed E-state index contributed by atoms with van der Waals surface area (Å²) < 4.78 is 30.0. The van der Waals surface area contributed by atoms with Gasteiger partial charge in [-0.05, 0) is 44.5 Å². The molecule has 33 heavy (non-hydrogen) atoms. The topological polar surface area (TPSA) is 42.0 Å². The Morgan fingerprint density at radius 3 is 2.48 bits per heavy atom. The van der Waals surface area contributed by atoms with Crippen LogP contribution in [-0.2, 0) is 5.92 Å². The van der Waals surface area contributed by atoms with E-state index in [0.29, 0.717) is 26.9 Å². The first kappa shape index (κ1) is 22.9. The van der Waals surface area contributed by atoms with Crippen molar-refractivity contribution in [1.82, 2.24) is 10.3 Å². The lowest BCUT2D eigenvalue weighted by Crippen LogP contribution is -2.35. The number of carbonyl (C=O) groups is 1. The minimum absolute atomic E-state index is 0.0812. The molecular formula is C27H24F2N2OS. The molecule has 0 aliphatic carbocycles. The maximum Gasteiger partial charge on any atom is 0.290 e. The van der Waals surface area contributed by atoms with Crippen molar-refractivity contribution in [2.24, 2.45) is 0 Å². The van der Waals surface area contributed by atoms with Gasteiger partial charge in [-0.2, -0.15) is 8.78 Å². The Balaban J connectivity index is 1.66. The van der Waals surface area contributed by atoms with Gasteiger partial charge in [0.05, 0.1) is 17.6 Å². The fourth-order valence-corrected chi connectivity index (χ4v) is 4.89. The van der Waals surface area contributed by atoms with Crippen molar-refractivity contribution in [3.8, 4) is 0 Å². The molecule has 1 amide bonds. The summed E-state index contributed by atoms with van der Waals surface area (Å²) in [7, 11) is 0. The van der Waals surface area contributed by atoms with Crippen LogP contribution in [-0.4, -0.2) is 17.4 Å². The second kappa shape index (κ2) is 9.32. The molecule has 0 aliphatic heterocycles. The fourth-order valence-electron chi connectivity index (χ4n) is 3.84. The SMILES string of the molecule is Cc1cccc(Sc2cnc3ccccc3c2C(=O)NCC(F)(F)c2ccc(C)cc2C)c1. The number of hydrogen-bond donors (Lipinski definition) is 1. The lowest BCUT2D eigenvalue weighted by molar-refractivity contribution is -0.00308. The molecule has 3 aromatic carbocycles. The van der Waals surface area contributed by atoms with Gasteiger partial charge < -0.3 is 5.32 Å². The molecule has 0 bridgehead atoms. The van der Waals surface area contributed by atoms with Gasteiger partial charge in [-0.15, -0.1) is 0 Å². The number of aryl methyl sites for hydroxylation is 3. The van der Waals surface area contributed by atoms with Crippen LogP contribution in [0.4, 0.5) is 8.78 Å². The van der Waals surface area contributed by atoms with Crippen LogP contribution in [0.25, 0.3) is 10.9 Å². The van der Waals surface area contributed by atoms with Gasteiger partial charge in [0.15, 0.2) is 0 Å². The van der Waals surface area contributed by atoms with Crippen molar-refractivity contribution in [3.05, 3.63) is 101 Å².